The smallest absolute Gasteiger partial charge is 0.140 e. The maximum absolute atomic E-state index is 12.5. The maximum atomic E-state index is 12.5. The Bertz CT molecular complexity index is 286. The Hall–Kier alpha value is -1.36. The molecule has 0 unspecified atom stereocenters. The van der Waals surface area contributed by atoms with Crippen molar-refractivity contribution in [1.82, 2.24) is 0 Å². The van der Waals surface area contributed by atoms with Gasteiger partial charge in [-0.15, -0.1) is 0 Å². The fraction of sp³-hybridized carbons (Fsp3) is 0.300. The van der Waals surface area contributed by atoms with E-state index < -0.39 is 5.82 Å². The van der Waals surface area contributed by atoms with E-state index in [1.807, 2.05) is 20.8 Å². The highest BCUT2D eigenvalue weighted by Gasteiger charge is 1.98. The molecular weight excluding hydrogens is 153 g/mol. The van der Waals surface area contributed by atoms with Gasteiger partial charge in [-0.3, -0.25) is 0 Å². The molecule has 0 spiro atoms. The van der Waals surface area contributed by atoms with Gasteiger partial charge in [0.15, 0.2) is 0 Å². The molecule has 12 heavy (non-hydrogen) atoms. The monoisotopic (exact) mass is 165 g/mol. The standard InChI is InChI=1S/C8H6FN.C2H6/c1-6-2-3-8(9)7(4-6)5-10;1-2/h2-4H,1H3;1-2H3. The van der Waals surface area contributed by atoms with Crippen LogP contribution in [0.1, 0.15) is 25.0 Å². The molecule has 64 valence electrons. The van der Waals surface area contributed by atoms with E-state index in [1.54, 1.807) is 12.1 Å². The Morgan fingerprint density at radius 3 is 2.33 bits per heavy atom. The second kappa shape index (κ2) is 5.31. The molecule has 0 aliphatic carbocycles. The number of nitrogens with zero attached hydrogens (tertiary/aromatic N) is 1. The minimum Gasteiger partial charge on any atom is -0.206 e. The highest BCUT2D eigenvalue weighted by atomic mass is 19.1. The average molecular weight is 165 g/mol. The molecule has 0 aromatic heterocycles. The second-order valence-corrected chi connectivity index (χ2v) is 2.10. The molecule has 0 aliphatic rings. The molecule has 0 radical (unpaired) electrons. The van der Waals surface area contributed by atoms with E-state index in [4.69, 9.17) is 5.26 Å². The van der Waals surface area contributed by atoms with E-state index >= 15 is 0 Å². The molecule has 0 amide bonds. The lowest BCUT2D eigenvalue weighted by atomic mass is 10.1. The molecule has 0 saturated heterocycles. The van der Waals surface area contributed by atoms with Crippen molar-refractivity contribution in [3.63, 3.8) is 0 Å². The van der Waals surface area contributed by atoms with Crippen LogP contribution >= 0.6 is 0 Å². The lowest BCUT2D eigenvalue weighted by Crippen LogP contribution is -1.83. The topological polar surface area (TPSA) is 23.8 Å². The van der Waals surface area contributed by atoms with Crippen molar-refractivity contribution < 1.29 is 4.39 Å². The van der Waals surface area contributed by atoms with Gasteiger partial charge in [-0.25, -0.2) is 4.39 Å². The first-order chi connectivity index (χ1) is 5.74. The van der Waals surface area contributed by atoms with Gasteiger partial charge in [-0.1, -0.05) is 19.9 Å². The molecule has 1 aromatic carbocycles. The summed E-state index contributed by atoms with van der Waals surface area (Å²) < 4.78 is 12.5. The van der Waals surface area contributed by atoms with Crippen molar-refractivity contribution >= 4 is 0 Å². The maximum Gasteiger partial charge on any atom is 0.140 e. The van der Waals surface area contributed by atoms with Crippen LogP contribution < -0.4 is 0 Å². The normalized spacial score (nSPS) is 7.92. The zero-order chi connectivity index (χ0) is 9.56. The summed E-state index contributed by atoms with van der Waals surface area (Å²) in [6.45, 7) is 5.82. The van der Waals surface area contributed by atoms with Gasteiger partial charge in [0, 0.05) is 0 Å². The molecule has 0 aliphatic heterocycles. The summed E-state index contributed by atoms with van der Waals surface area (Å²) in [7, 11) is 0. The fourth-order valence-corrected chi connectivity index (χ4v) is 0.725. The number of hydrogen-bond acceptors (Lipinski definition) is 1. The zero-order valence-electron chi connectivity index (χ0n) is 7.56. The molecule has 2 heteroatoms. The van der Waals surface area contributed by atoms with Crippen molar-refractivity contribution in [1.29, 1.82) is 5.26 Å². The summed E-state index contributed by atoms with van der Waals surface area (Å²) in [6, 6.07) is 6.22. The summed E-state index contributed by atoms with van der Waals surface area (Å²) in [5.74, 6) is -0.451. The van der Waals surface area contributed by atoms with Gasteiger partial charge in [0.1, 0.15) is 11.9 Å². The summed E-state index contributed by atoms with van der Waals surface area (Å²) in [5, 5.41) is 8.35. The molecule has 1 nitrogen and oxygen atoms in total. The lowest BCUT2D eigenvalue weighted by molar-refractivity contribution is 0.623. The Kier molecular flexibility index (Phi) is 4.71. The third-order valence-corrected chi connectivity index (χ3v) is 1.24. The minimum absolute atomic E-state index is 0.111. The molecule has 0 saturated carbocycles. The third-order valence-electron chi connectivity index (χ3n) is 1.24. The van der Waals surface area contributed by atoms with Crippen LogP contribution in [0.25, 0.3) is 0 Å². The quantitative estimate of drug-likeness (QED) is 0.579. The molecule has 0 heterocycles. The summed E-state index contributed by atoms with van der Waals surface area (Å²) >= 11 is 0. The van der Waals surface area contributed by atoms with Crippen LogP contribution in [0, 0.1) is 24.1 Å². The van der Waals surface area contributed by atoms with E-state index in [9.17, 15) is 4.39 Å². The summed E-state index contributed by atoms with van der Waals surface area (Å²) in [5.41, 5.74) is 1.01. The van der Waals surface area contributed by atoms with E-state index in [0.717, 1.165) is 5.56 Å². The van der Waals surface area contributed by atoms with Crippen molar-refractivity contribution in [2.24, 2.45) is 0 Å². The molecule has 0 atom stereocenters. The first kappa shape index (κ1) is 10.6. The Balaban J connectivity index is 0.000000561. The predicted molar refractivity (Wildman–Crippen MR) is 47.2 cm³/mol. The van der Waals surface area contributed by atoms with Crippen LogP contribution in [0.3, 0.4) is 0 Å². The Morgan fingerprint density at radius 1 is 1.33 bits per heavy atom. The van der Waals surface area contributed by atoms with Crippen molar-refractivity contribution in [3.05, 3.63) is 35.1 Å². The van der Waals surface area contributed by atoms with Gasteiger partial charge in [0.05, 0.1) is 5.56 Å². The summed E-state index contributed by atoms with van der Waals surface area (Å²) in [6.07, 6.45) is 0. The van der Waals surface area contributed by atoms with Gasteiger partial charge in [-0.2, -0.15) is 5.26 Å². The van der Waals surface area contributed by atoms with E-state index in [0.29, 0.717) is 0 Å². The van der Waals surface area contributed by atoms with E-state index in [-0.39, 0.29) is 5.56 Å². The number of rotatable bonds is 0. The molecular formula is C10H12FN. The largest absolute Gasteiger partial charge is 0.206 e. The van der Waals surface area contributed by atoms with Crippen LogP contribution in [0.2, 0.25) is 0 Å². The first-order valence-corrected chi connectivity index (χ1v) is 3.90. The van der Waals surface area contributed by atoms with Gasteiger partial charge < -0.3 is 0 Å². The minimum atomic E-state index is -0.451. The van der Waals surface area contributed by atoms with Crippen LogP contribution in [0.4, 0.5) is 4.39 Å². The predicted octanol–water partition coefficient (Wildman–Crippen LogP) is 3.03. The molecule has 1 rings (SSSR count). The van der Waals surface area contributed by atoms with Gasteiger partial charge in [-0.05, 0) is 24.6 Å². The number of benzene rings is 1. The second-order valence-electron chi connectivity index (χ2n) is 2.10. The van der Waals surface area contributed by atoms with Gasteiger partial charge >= 0.3 is 0 Å². The summed E-state index contributed by atoms with van der Waals surface area (Å²) in [4.78, 5) is 0. The molecule has 0 fully saturated rings. The number of nitriles is 1. The van der Waals surface area contributed by atoms with Gasteiger partial charge in [0.25, 0.3) is 0 Å². The average Bonchev–Trinajstić information content (AvgIpc) is 2.13. The lowest BCUT2D eigenvalue weighted by Gasteiger charge is -1.92. The third kappa shape index (κ3) is 2.71. The van der Waals surface area contributed by atoms with Crippen LogP contribution in [0.5, 0.6) is 0 Å². The zero-order valence-corrected chi connectivity index (χ0v) is 7.56. The number of halogens is 1. The fourth-order valence-electron chi connectivity index (χ4n) is 0.725. The molecule has 0 bridgehead atoms. The Labute approximate surface area is 72.5 Å². The van der Waals surface area contributed by atoms with Crippen LogP contribution in [0.15, 0.2) is 18.2 Å². The highest BCUT2D eigenvalue weighted by Crippen LogP contribution is 2.07. The Morgan fingerprint density at radius 2 is 1.92 bits per heavy atom. The van der Waals surface area contributed by atoms with Crippen molar-refractivity contribution in [2.45, 2.75) is 20.8 Å². The van der Waals surface area contributed by atoms with Crippen molar-refractivity contribution in [3.8, 4) is 6.07 Å². The van der Waals surface area contributed by atoms with Crippen LogP contribution in [-0.2, 0) is 0 Å². The highest BCUT2D eigenvalue weighted by molar-refractivity contribution is 5.33. The van der Waals surface area contributed by atoms with Crippen molar-refractivity contribution in [2.75, 3.05) is 0 Å². The van der Waals surface area contributed by atoms with E-state index in [1.165, 1.54) is 12.1 Å². The molecule has 1 aromatic rings. The number of aryl methyl sites for hydroxylation is 1. The van der Waals surface area contributed by atoms with Gasteiger partial charge in [0.2, 0.25) is 0 Å². The number of hydrogen-bond donors (Lipinski definition) is 0. The van der Waals surface area contributed by atoms with Crippen LogP contribution in [-0.4, -0.2) is 0 Å². The molecule has 0 N–H and O–H groups in total. The SMILES string of the molecule is CC.Cc1ccc(F)c(C#N)c1. The first-order valence-electron chi connectivity index (χ1n) is 3.90. The van der Waals surface area contributed by atoms with E-state index in [2.05, 4.69) is 0 Å².